The Bertz CT molecular complexity index is 1260. The van der Waals surface area contributed by atoms with Gasteiger partial charge < -0.3 is 19.8 Å². The number of rotatable bonds is 6. The van der Waals surface area contributed by atoms with Gasteiger partial charge in [-0.3, -0.25) is 4.79 Å². The van der Waals surface area contributed by atoms with Crippen LogP contribution in [0.1, 0.15) is 17.4 Å². The lowest BCUT2D eigenvalue weighted by molar-refractivity contribution is -0.114. The van der Waals surface area contributed by atoms with Crippen LogP contribution in [0.25, 0.3) is 0 Å². The number of carbonyl (C=O) groups excluding carboxylic acids is 1. The van der Waals surface area contributed by atoms with Gasteiger partial charge in [0.1, 0.15) is 16.9 Å². The quantitative estimate of drug-likeness (QED) is 0.451. The standard InChI is InChI=1S/C20H17IN4O5S/c1-29-14-4-2-3-12(9-14)15(20-22-7-8-30-20)11-23-19(26)18-24-16-6-5-13(21)10-17(16)31(27,28)25-18/h2-10,15H,11H2,1H3,(H,23,26)(H,24,25). The zero-order valence-corrected chi connectivity index (χ0v) is 19.2. The number of methoxy groups -OCH3 is 1. The van der Waals surface area contributed by atoms with Gasteiger partial charge in [0, 0.05) is 10.1 Å². The van der Waals surface area contributed by atoms with Crippen LogP contribution >= 0.6 is 22.6 Å². The minimum atomic E-state index is -3.99. The van der Waals surface area contributed by atoms with Gasteiger partial charge in [0.2, 0.25) is 11.7 Å². The van der Waals surface area contributed by atoms with Gasteiger partial charge in [-0.05, 0) is 58.5 Å². The molecule has 0 aliphatic carbocycles. The Kier molecular flexibility index (Phi) is 5.96. The number of nitrogens with zero attached hydrogens (tertiary/aromatic N) is 2. The first-order valence-electron chi connectivity index (χ1n) is 9.10. The molecule has 0 spiro atoms. The maximum Gasteiger partial charge on any atom is 0.287 e. The van der Waals surface area contributed by atoms with Gasteiger partial charge in [0.25, 0.3) is 15.9 Å². The molecule has 160 valence electrons. The number of halogens is 1. The molecule has 1 aliphatic rings. The number of aromatic nitrogens is 1. The second-order valence-corrected chi connectivity index (χ2v) is 9.41. The fourth-order valence-corrected chi connectivity index (χ4v) is 4.96. The van der Waals surface area contributed by atoms with Gasteiger partial charge in [0.05, 0.1) is 24.9 Å². The summed E-state index contributed by atoms with van der Waals surface area (Å²) in [5.41, 5.74) is 1.12. The van der Waals surface area contributed by atoms with Gasteiger partial charge in [-0.1, -0.05) is 12.1 Å². The third-order valence-corrected chi connectivity index (χ3v) is 6.60. The van der Waals surface area contributed by atoms with Crippen LogP contribution in [0.3, 0.4) is 0 Å². The maximum absolute atomic E-state index is 12.7. The molecule has 1 unspecified atom stereocenters. The Morgan fingerprint density at radius 2 is 2.13 bits per heavy atom. The van der Waals surface area contributed by atoms with Gasteiger partial charge in [-0.25, -0.2) is 4.98 Å². The summed E-state index contributed by atoms with van der Waals surface area (Å²) in [7, 11) is -2.43. The lowest BCUT2D eigenvalue weighted by atomic mass is 9.98. The number of hydrogen-bond donors (Lipinski definition) is 2. The predicted molar refractivity (Wildman–Crippen MR) is 122 cm³/mol. The number of carbonyl (C=O) groups is 1. The lowest BCUT2D eigenvalue weighted by Gasteiger charge is -2.19. The van der Waals surface area contributed by atoms with E-state index >= 15 is 0 Å². The van der Waals surface area contributed by atoms with Crippen LogP contribution in [0.15, 0.2) is 68.6 Å². The molecule has 31 heavy (non-hydrogen) atoms. The van der Waals surface area contributed by atoms with E-state index < -0.39 is 21.8 Å². The molecule has 1 atom stereocenters. The van der Waals surface area contributed by atoms with Crippen LogP contribution in [0.4, 0.5) is 5.69 Å². The molecule has 0 saturated carbocycles. The second kappa shape index (κ2) is 8.67. The highest BCUT2D eigenvalue weighted by atomic mass is 127. The van der Waals surface area contributed by atoms with Crippen molar-refractivity contribution in [1.82, 2.24) is 10.3 Å². The monoisotopic (exact) mass is 552 g/mol. The van der Waals surface area contributed by atoms with Gasteiger partial charge in [0.15, 0.2) is 0 Å². The van der Waals surface area contributed by atoms with E-state index in [1.165, 1.54) is 18.5 Å². The molecule has 0 fully saturated rings. The number of ether oxygens (including phenoxy) is 1. The minimum absolute atomic E-state index is 0.0324. The van der Waals surface area contributed by atoms with Crippen LogP contribution in [0.5, 0.6) is 5.75 Å². The van der Waals surface area contributed by atoms with Crippen molar-refractivity contribution in [2.75, 3.05) is 19.0 Å². The molecule has 0 saturated heterocycles. The number of sulfonamides is 1. The van der Waals surface area contributed by atoms with Crippen LogP contribution in [-0.2, 0) is 14.8 Å². The molecule has 0 bridgehead atoms. The van der Waals surface area contributed by atoms with E-state index in [4.69, 9.17) is 9.15 Å². The summed E-state index contributed by atoms with van der Waals surface area (Å²) in [6.07, 6.45) is 2.96. The number of oxazole rings is 1. The Balaban J connectivity index is 1.56. The van der Waals surface area contributed by atoms with Gasteiger partial charge in [-0.2, -0.15) is 8.42 Å². The SMILES string of the molecule is COc1cccc(C(CNC(=O)C2=NS(=O)(=O)c3cc(I)ccc3N2)c2ncco2)c1. The van der Waals surface area contributed by atoms with Crippen molar-refractivity contribution >= 4 is 50.0 Å². The molecule has 4 rings (SSSR count). The third kappa shape index (κ3) is 4.56. The fourth-order valence-electron chi connectivity index (χ4n) is 3.12. The number of benzene rings is 2. The summed E-state index contributed by atoms with van der Waals surface area (Å²) < 4.78 is 40.1. The number of anilines is 1. The van der Waals surface area contributed by atoms with Crippen molar-refractivity contribution < 1.29 is 22.4 Å². The Morgan fingerprint density at radius 1 is 1.29 bits per heavy atom. The molecular weight excluding hydrogens is 535 g/mol. The van der Waals surface area contributed by atoms with Crippen LogP contribution in [0, 0.1) is 3.57 Å². The average Bonchev–Trinajstić information content (AvgIpc) is 3.28. The highest BCUT2D eigenvalue weighted by molar-refractivity contribution is 14.1. The molecule has 9 nitrogen and oxygen atoms in total. The Morgan fingerprint density at radius 3 is 2.87 bits per heavy atom. The van der Waals surface area contributed by atoms with E-state index in [0.29, 0.717) is 17.3 Å². The second-order valence-electron chi connectivity index (χ2n) is 6.59. The van der Waals surface area contributed by atoms with Crippen LogP contribution in [-0.4, -0.2) is 38.8 Å². The van der Waals surface area contributed by atoms with Crippen molar-refractivity contribution in [3.8, 4) is 5.75 Å². The Labute approximate surface area is 192 Å². The predicted octanol–water partition coefficient (Wildman–Crippen LogP) is 2.75. The summed E-state index contributed by atoms with van der Waals surface area (Å²) in [5, 5.41) is 5.51. The van der Waals surface area contributed by atoms with Crippen molar-refractivity contribution in [3.63, 3.8) is 0 Å². The Hall–Kier alpha value is -2.93. The van der Waals surface area contributed by atoms with E-state index in [2.05, 4.69) is 20.0 Å². The number of amidine groups is 1. The average molecular weight is 552 g/mol. The highest BCUT2D eigenvalue weighted by Crippen LogP contribution is 2.29. The maximum atomic E-state index is 12.7. The topological polar surface area (TPSA) is 123 Å². The lowest BCUT2D eigenvalue weighted by Crippen LogP contribution is -2.40. The smallest absolute Gasteiger partial charge is 0.287 e. The summed E-state index contributed by atoms with van der Waals surface area (Å²) >= 11 is 2.01. The normalized spacial score (nSPS) is 15.2. The number of hydrogen-bond acceptors (Lipinski definition) is 7. The van der Waals surface area contributed by atoms with E-state index in [0.717, 1.165) is 9.13 Å². The molecule has 1 aromatic heterocycles. The highest BCUT2D eigenvalue weighted by Gasteiger charge is 2.29. The minimum Gasteiger partial charge on any atom is -0.497 e. The number of fused-ring (bicyclic) bond motifs is 1. The van der Waals surface area contributed by atoms with Crippen LogP contribution < -0.4 is 15.4 Å². The molecule has 2 N–H and O–H groups in total. The van der Waals surface area contributed by atoms with Gasteiger partial charge >= 0.3 is 0 Å². The van der Waals surface area contributed by atoms with E-state index in [1.807, 2.05) is 40.8 Å². The molecular formula is C20H17IN4O5S. The number of nitrogens with one attached hydrogen (secondary N) is 2. The first-order valence-corrected chi connectivity index (χ1v) is 11.6. The van der Waals surface area contributed by atoms with Crippen molar-refractivity contribution in [2.45, 2.75) is 10.8 Å². The zero-order valence-electron chi connectivity index (χ0n) is 16.2. The van der Waals surface area contributed by atoms with Crippen molar-refractivity contribution in [1.29, 1.82) is 0 Å². The molecule has 2 aromatic carbocycles. The number of amides is 1. The van der Waals surface area contributed by atoms with E-state index in [-0.39, 0.29) is 17.3 Å². The van der Waals surface area contributed by atoms with E-state index in [9.17, 15) is 13.2 Å². The molecule has 11 heteroatoms. The van der Waals surface area contributed by atoms with E-state index in [1.54, 1.807) is 25.3 Å². The molecule has 0 radical (unpaired) electrons. The largest absolute Gasteiger partial charge is 0.497 e. The first kappa shape index (κ1) is 21.3. The fraction of sp³-hybridized carbons (Fsp3) is 0.150. The third-order valence-electron chi connectivity index (χ3n) is 4.61. The molecule has 2 heterocycles. The van der Waals surface area contributed by atoms with Gasteiger partial charge in [-0.15, -0.1) is 4.40 Å². The zero-order chi connectivity index (χ0) is 22.0. The molecule has 1 aliphatic heterocycles. The summed E-state index contributed by atoms with van der Waals surface area (Å²) in [5.74, 6) is -0.322. The molecule has 3 aromatic rings. The van der Waals surface area contributed by atoms with Crippen molar-refractivity contribution in [3.05, 3.63) is 69.9 Å². The first-order chi connectivity index (χ1) is 14.9. The summed E-state index contributed by atoms with van der Waals surface area (Å²) in [6.45, 7) is 0.104. The van der Waals surface area contributed by atoms with Crippen LogP contribution in [0.2, 0.25) is 0 Å². The molecule has 1 amide bonds. The summed E-state index contributed by atoms with van der Waals surface area (Å²) in [6, 6.07) is 12.1. The van der Waals surface area contributed by atoms with Crippen molar-refractivity contribution in [2.24, 2.45) is 4.40 Å². The summed E-state index contributed by atoms with van der Waals surface area (Å²) in [4.78, 5) is 17.0.